The first-order valence-corrected chi connectivity index (χ1v) is 6.20. The van der Waals surface area contributed by atoms with Crippen LogP contribution in [0.4, 0.5) is 0 Å². The van der Waals surface area contributed by atoms with E-state index < -0.39 is 0 Å². The van der Waals surface area contributed by atoms with Crippen LogP contribution in [0.2, 0.25) is 0 Å². The molecule has 2 aromatic heterocycles. The van der Waals surface area contributed by atoms with Crippen molar-refractivity contribution < 1.29 is 9.63 Å². The second-order valence-electron chi connectivity index (χ2n) is 4.58. The lowest BCUT2D eigenvalue weighted by Crippen LogP contribution is -1.87. The molecular weight excluding hydrogens is 254 g/mol. The SMILES string of the molecule is Cc1cnccc1-c1noc(-c2cccc(C)c2O)n1. The Morgan fingerprint density at radius 3 is 2.70 bits per heavy atom. The third kappa shape index (κ3) is 2.03. The van der Waals surface area contributed by atoms with E-state index in [1.807, 2.05) is 32.0 Å². The minimum atomic E-state index is 0.161. The molecule has 0 aliphatic heterocycles. The third-order valence-corrected chi connectivity index (χ3v) is 3.16. The van der Waals surface area contributed by atoms with E-state index in [0.29, 0.717) is 17.3 Å². The molecule has 0 saturated heterocycles. The van der Waals surface area contributed by atoms with Crippen molar-refractivity contribution in [2.75, 3.05) is 0 Å². The fourth-order valence-electron chi connectivity index (χ4n) is 2.00. The zero-order valence-electron chi connectivity index (χ0n) is 11.2. The molecular formula is C15H13N3O2. The molecule has 0 atom stereocenters. The summed E-state index contributed by atoms with van der Waals surface area (Å²) in [5, 5.41) is 14.0. The quantitative estimate of drug-likeness (QED) is 0.772. The summed E-state index contributed by atoms with van der Waals surface area (Å²) < 4.78 is 5.25. The van der Waals surface area contributed by atoms with Crippen molar-refractivity contribution in [3.63, 3.8) is 0 Å². The molecule has 0 bridgehead atoms. The van der Waals surface area contributed by atoms with Crippen LogP contribution in [0.5, 0.6) is 5.75 Å². The van der Waals surface area contributed by atoms with Gasteiger partial charge in [0.1, 0.15) is 5.75 Å². The molecule has 3 aromatic rings. The summed E-state index contributed by atoms with van der Waals surface area (Å²) in [6.45, 7) is 3.76. The van der Waals surface area contributed by atoms with Crippen LogP contribution < -0.4 is 0 Å². The van der Waals surface area contributed by atoms with E-state index in [4.69, 9.17) is 4.52 Å². The van der Waals surface area contributed by atoms with E-state index in [0.717, 1.165) is 16.7 Å². The van der Waals surface area contributed by atoms with Crippen molar-refractivity contribution in [2.24, 2.45) is 0 Å². The fraction of sp³-hybridized carbons (Fsp3) is 0.133. The van der Waals surface area contributed by atoms with Crippen LogP contribution in [-0.4, -0.2) is 20.2 Å². The molecule has 20 heavy (non-hydrogen) atoms. The van der Waals surface area contributed by atoms with Gasteiger partial charge in [-0.1, -0.05) is 17.3 Å². The number of rotatable bonds is 2. The molecule has 0 amide bonds. The predicted octanol–water partition coefficient (Wildman–Crippen LogP) is 3.12. The number of aromatic hydroxyl groups is 1. The van der Waals surface area contributed by atoms with Gasteiger partial charge in [0.2, 0.25) is 5.82 Å². The van der Waals surface area contributed by atoms with Crippen molar-refractivity contribution in [2.45, 2.75) is 13.8 Å². The Labute approximate surface area is 115 Å². The molecule has 100 valence electrons. The maximum absolute atomic E-state index is 10.0. The molecule has 0 aliphatic rings. The first kappa shape index (κ1) is 12.3. The lowest BCUT2D eigenvalue weighted by atomic mass is 10.1. The molecule has 0 radical (unpaired) electrons. The Balaban J connectivity index is 2.07. The zero-order chi connectivity index (χ0) is 14.1. The standard InChI is InChI=1S/C15H13N3O2/c1-9-4-3-5-12(13(9)19)15-17-14(18-20-15)11-6-7-16-8-10(11)2/h3-8,19H,1-2H3. The summed E-state index contributed by atoms with van der Waals surface area (Å²) in [6, 6.07) is 7.24. The second kappa shape index (κ2) is 4.77. The van der Waals surface area contributed by atoms with E-state index in [1.54, 1.807) is 18.5 Å². The van der Waals surface area contributed by atoms with E-state index in [2.05, 4.69) is 15.1 Å². The predicted molar refractivity (Wildman–Crippen MR) is 74.1 cm³/mol. The molecule has 0 unspecified atom stereocenters. The van der Waals surface area contributed by atoms with Gasteiger partial charge in [0.05, 0.1) is 5.56 Å². The number of phenolic OH excluding ortho intramolecular Hbond substituents is 1. The number of pyridine rings is 1. The Morgan fingerprint density at radius 2 is 1.90 bits per heavy atom. The van der Waals surface area contributed by atoms with Crippen LogP contribution in [-0.2, 0) is 0 Å². The smallest absolute Gasteiger partial charge is 0.262 e. The summed E-state index contributed by atoms with van der Waals surface area (Å²) in [4.78, 5) is 8.38. The highest BCUT2D eigenvalue weighted by molar-refractivity contribution is 5.67. The molecule has 0 saturated carbocycles. The number of para-hydroxylation sites is 1. The van der Waals surface area contributed by atoms with E-state index in [1.165, 1.54) is 0 Å². The van der Waals surface area contributed by atoms with Crippen LogP contribution in [0, 0.1) is 13.8 Å². The van der Waals surface area contributed by atoms with Gasteiger partial charge in [-0.15, -0.1) is 0 Å². The number of nitrogens with zero attached hydrogens (tertiary/aromatic N) is 3. The van der Waals surface area contributed by atoms with Crippen LogP contribution in [0.1, 0.15) is 11.1 Å². The van der Waals surface area contributed by atoms with Gasteiger partial charge >= 0.3 is 0 Å². The van der Waals surface area contributed by atoms with Crippen LogP contribution >= 0.6 is 0 Å². The normalized spacial score (nSPS) is 10.7. The third-order valence-electron chi connectivity index (χ3n) is 3.16. The van der Waals surface area contributed by atoms with Crippen molar-refractivity contribution in [3.05, 3.63) is 47.8 Å². The molecule has 0 aliphatic carbocycles. The van der Waals surface area contributed by atoms with Gasteiger partial charge in [-0.05, 0) is 37.1 Å². The highest BCUT2D eigenvalue weighted by Crippen LogP contribution is 2.32. The van der Waals surface area contributed by atoms with Gasteiger partial charge in [-0.25, -0.2) is 0 Å². The van der Waals surface area contributed by atoms with Gasteiger partial charge in [0, 0.05) is 18.0 Å². The van der Waals surface area contributed by atoms with Gasteiger partial charge in [0.25, 0.3) is 5.89 Å². The average Bonchev–Trinajstić information content (AvgIpc) is 2.92. The topological polar surface area (TPSA) is 72.0 Å². The number of hydrogen-bond acceptors (Lipinski definition) is 5. The second-order valence-corrected chi connectivity index (χ2v) is 4.58. The van der Waals surface area contributed by atoms with Gasteiger partial charge < -0.3 is 9.63 Å². The summed E-state index contributed by atoms with van der Waals surface area (Å²) in [7, 11) is 0. The van der Waals surface area contributed by atoms with E-state index >= 15 is 0 Å². The first-order valence-electron chi connectivity index (χ1n) is 6.20. The van der Waals surface area contributed by atoms with Crippen molar-refractivity contribution >= 4 is 0 Å². The molecule has 1 N–H and O–H groups in total. The number of phenols is 1. The maximum Gasteiger partial charge on any atom is 0.262 e. The molecule has 1 aromatic carbocycles. The molecule has 0 fully saturated rings. The Morgan fingerprint density at radius 1 is 1.05 bits per heavy atom. The lowest BCUT2D eigenvalue weighted by molar-refractivity contribution is 0.425. The monoisotopic (exact) mass is 267 g/mol. The molecule has 5 nitrogen and oxygen atoms in total. The maximum atomic E-state index is 10.0. The van der Waals surface area contributed by atoms with Crippen LogP contribution in [0.15, 0.2) is 41.2 Å². The highest BCUT2D eigenvalue weighted by atomic mass is 16.5. The van der Waals surface area contributed by atoms with Gasteiger partial charge in [0.15, 0.2) is 0 Å². The number of hydrogen-bond donors (Lipinski definition) is 1. The Kier molecular flexibility index (Phi) is 2.95. The average molecular weight is 267 g/mol. The summed E-state index contributed by atoms with van der Waals surface area (Å²) in [6.07, 6.45) is 3.43. The van der Waals surface area contributed by atoms with Crippen LogP contribution in [0.3, 0.4) is 0 Å². The minimum Gasteiger partial charge on any atom is -0.507 e. The lowest BCUT2D eigenvalue weighted by Gasteiger charge is -2.01. The first-order chi connectivity index (χ1) is 9.66. The van der Waals surface area contributed by atoms with Crippen LogP contribution in [0.25, 0.3) is 22.8 Å². The molecule has 2 heterocycles. The van der Waals surface area contributed by atoms with Crippen molar-refractivity contribution in [1.29, 1.82) is 0 Å². The molecule has 5 heteroatoms. The largest absolute Gasteiger partial charge is 0.507 e. The Bertz CT molecular complexity index is 765. The summed E-state index contributed by atoms with van der Waals surface area (Å²) >= 11 is 0. The van der Waals surface area contributed by atoms with Gasteiger partial charge in [-0.3, -0.25) is 4.98 Å². The summed E-state index contributed by atoms with van der Waals surface area (Å²) in [5.41, 5.74) is 3.13. The summed E-state index contributed by atoms with van der Waals surface area (Å²) in [5.74, 6) is 0.951. The number of benzene rings is 1. The Hall–Kier alpha value is -2.69. The fourth-order valence-corrected chi connectivity index (χ4v) is 2.00. The molecule has 0 spiro atoms. The highest BCUT2D eigenvalue weighted by Gasteiger charge is 2.15. The zero-order valence-corrected chi connectivity index (χ0v) is 11.2. The van der Waals surface area contributed by atoms with Crippen molar-refractivity contribution in [1.82, 2.24) is 15.1 Å². The van der Waals surface area contributed by atoms with E-state index in [9.17, 15) is 5.11 Å². The van der Waals surface area contributed by atoms with Crippen molar-refractivity contribution in [3.8, 4) is 28.6 Å². The van der Waals surface area contributed by atoms with E-state index in [-0.39, 0.29) is 5.75 Å². The number of aromatic nitrogens is 3. The molecule has 3 rings (SSSR count). The minimum absolute atomic E-state index is 0.161. The number of aryl methyl sites for hydroxylation is 2. The van der Waals surface area contributed by atoms with Gasteiger partial charge in [-0.2, -0.15) is 4.98 Å².